The Hall–Kier alpha value is -0.880. The van der Waals surface area contributed by atoms with E-state index in [-0.39, 0.29) is 12.0 Å². The second-order valence-corrected chi connectivity index (χ2v) is 7.77. The molecule has 2 aliphatic rings. The van der Waals surface area contributed by atoms with Crippen molar-refractivity contribution < 1.29 is 8.42 Å². The molecule has 18 heavy (non-hydrogen) atoms. The molecule has 100 valence electrons. The Kier molecular flexibility index (Phi) is 2.94. The molecule has 2 N–H and O–H groups in total. The van der Waals surface area contributed by atoms with Crippen LogP contribution in [0.4, 0.5) is 0 Å². The van der Waals surface area contributed by atoms with Gasteiger partial charge in [0.2, 0.25) is 0 Å². The van der Waals surface area contributed by atoms with Gasteiger partial charge in [0, 0.05) is 37.3 Å². The number of nitrogens with two attached hydrogens (primary N) is 1. The van der Waals surface area contributed by atoms with Crippen molar-refractivity contribution in [3.63, 3.8) is 0 Å². The van der Waals surface area contributed by atoms with E-state index in [0.29, 0.717) is 11.5 Å². The highest BCUT2D eigenvalue weighted by Gasteiger charge is 2.29. The number of aromatic nitrogens is 2. The number of rotatable bonds is 2. The summed E-state index contributed by atoms with van der Waals surface area (Å²) in [4.78, 5) is 4.46. The lowest BCUT2D eigenvalue weighted by molar-refractivity contribution is 0.448. The van der Waals surface area contributed by atoms with Crippen molar-refractivity contribution in [2.24, 2.45) is 11.7 Å². The van der Waals surface area contributed by atoms with E-state index in [2.05, 4.69) is 9.55 Å². The minimum absolute atomic E-state index is 0.244. The average Bonchev–Trinajstić information content (AvgIpc) is 2.83. The fourth-order valence-electron chi connectivity index (χ4n) is 3.01. The lowest BCUT2D eigenvalue weighted by atomic mass is 10.0. The minimum Gasteiger partial charge on any atom is -0.332 e. The van der Waals surface area contributed by atoms with Crippen LogP contribution < -0.4 is 5.73 Å². The van der Waals surface area contributed by atoms with E-state index in [4.69, 9.17) is 5.73 Å². The van der Waals surface area contributed by atoms with Crippen molar-refractivity contribution in [1.82, 2.24) is 9.55 Å². The van der Waals surface area contributed by atoms with Crippen LogP contribution in [0, 0.1) is 5.92 Å². The maximum absolute atomic E-state index is 11.5. The summed E-state index contributed by atoms with van der Waals surface area (Å²) in [5, 5.41) is 0. The summed E-state index contributed by atoms with van der Waals surface area (Å²) < 4.78 is 25.1. The molecule has 0 bridgehead atoms. The first kappa shape index (κ1) is 12.2. The van der Waals surface area contributed by atoms with Gasteiger partial charge in [-0.15, -0.1) is 0 Å². The Morgan fingerprint density at radius 3 is 3.00 bits per heavy atom. The first-order chi connectivity index (χ1) is 8.53. The van der Waals surface area contributed by atoms with E-state index < -0.39 is 9.84 Å². The van der Waals surface area contributed by atoms with Crippen LogP contribution >= 0.6 is 0 Å². The Morgan fingerprint density at radius 1 is 1.44 bits per heavy atom. The van der Waals surface area contributed by atoms with Crippen molar-refractivity contribution in [2.75, 3.05) is 11.5 Å². The van der Waals surface area contributed by atoms with Gasteiger partial charge in [-0.25, -0.2) is 13.4 Å². The Balaban J connectivity index is 1.75. The molecule has 0 amide bonds. The van der Waals surface area contributed by atoms with E-state index in [1.54, 1.807) is 0 Å². The lowest BCUT2D eigenvalue weighted by Crippen LogP contribution is -2.31. The van der Waals surface area contributed by atoms with Crippen molar-refractivity contribution in [3.8, 4) is 0 Å². The van der Waals surface area contributed by atoms with Crippen LogP contribution in [-0.4, -0.2) is 35.5 Å². The average molecular weight is 269 g/mol. The van der Waals surface area contributed by atoms with Crippen molar-refractivity contribution in [3.05, 3.63) is 17.7 Å². The number of hydrogen-bond acceptors (Lipinski definition) is 4. The molecule has 2 unspecified atom stereocenters. The van der Waals surface area contributed by atoms with Gasteiger partial charge in [0.05, 0.1) is 11.5 Å². The third-order valence-electron chi connectivity index (χ3n) is 4.01. The number of fused-ring (bicyclic) bond motifs is 1. The predicted molar refractivity (Wildman–Crippen MR) is 69.0 cm³/mol. The number of hydrogen-bond donors (Lipinski definition) is 1. The minimum atomic E-state index is -2.79. The van der Waals surface area contributed by atoms with Crippen LogP contribution in [0.2, 0.25) is 0 Å². The number of nitrogens with zero attached hydrogens (tertiary/aromatic N) is 2. The molecule has 2 atom stereocenters. The fraction of sp³-hybridized carbons (Fsp3) is 0.750. The standard InChI is InChI=1S/C12H19N3O2S/c13-10-1-3-15-11(6-10)7-14-12(15)5-9-2-4-18(16,17)8-9/h7,9-10H,1-6,8,13H2. The summed E-state index contributed by atoms with van der Waals surface area (Å²) in [5.41, 5.74) is 7.14. The van der Waals surface area contributed by atoms with Gasteiger partial charge in [-0.3, -0.25) is 0 Å². The van der Waals surface area contributed by atoms with Gasteiger partial charge in [0.1, 0.15) is 5.82 Å². The zero-order chi connectivity index (χ0) is 12.8. The smallest absolute Gasteiger partial charge is 0.150 e. The normalized spacial score (nSPS) is 30.3. The zero-order valence-corrected chi connectivity index (χ0v) is 11.2. The van der Waals surface area contributed by atoms with Gasteiger partial charge in [0.15, 0.2) is 9.84 Å². The second kappa shape index (κ2) is 4.35. The summed E-state index contributed by atoms with van der Waals surface area (Å²) in [6.07, 6.45) is 5.34. The monoisotopic (exact) mass is 269 g/mol. The topological polar surface area (TPSA) is 78.0 Å². The van der Waals surface area contributed by atoms with Crippen LogP contribution in [0.5, 0.6) is 0 Å². The number of sulfone groups is 1. The first-order valence-electron chi connectivity index (χ1n) is 6.53. The van der Waals surface area contributed by atoms with E-state index in [0.717, 1.165) is 38.1 Å². The molecule has 3 heterocycles. The van der Waals surface area contributed by atoms with Gasteiger partial charge >= 0.3 is 0 Å². The van der Waals surface area contributed by atoms with E-state index in [9.17, 15) is 8.42 Å². The first-order valence-corrected chi connectivity index (χ1v) is 8.35. The Morgan fingerprint density at radius 2 is 2.28 bits per heavy atom. The highest BCUT2D eigenvalue weighted by atomic mass is 32.2. The lowest BCUT2D eigenvalue weighted by Gasteiger charge is -2.22. The summed E-state index contributed by atoms with van der Waals surface area (Å²) in [5.74, 6) is 1.96. The molecule has 1 aromatic heterocycles. The Bertz CT molecular complexity index is 550. The van der Waals surface area contributed by atoms with Crippen LogP contribution in [0.15, 0.2) is 6.20 Å². The highest BCUT2D eigenvalue weighted by molar-refractivity contribution is 7.91. The molecule has 2 aliphatic heterocycles. The molecule has 0 spiro atoms. The Labute approximate surface area is 107 Å². The zero-order valence-electron chi connectivity index (χ0n) is 10.4. The highest BCUT2D eigenvalue weighted by Crippen LogP contribution is 2.24. The van der Waals surface area contributed by atoms with Crippen molar-refractivity contribution >= 4 is 9.84 Å². The maximum Gasteiger partial charge on any atom is 0.150 e. The fourth-order valence-corrected chi connectivity index (χ4v) is 4.87. The maximum atomic E-state index is 11.5. The second-order valence-electron chi connectivity index (χ2n) is 5.54. The summed E-state index contributed by atoms with van der Waals surface area (Å²) in [6, 6.07) is 0.244. The quantitative estimate of drug-likeness (QED) is 0.828. The third kappa shape index (κ3) is 2.31. The molecule has 1 fully saturated rings. The van der Waals surface area contributed by atoms with Crippen LogP contribution in [0.1, 0.15) is 24.4 Å². The van der Waals surface area contributed by atoms with Crippen molar-refractivity contribution in [2.45, 2.75) is 38.3 Å². The molecule has 6 heteroatoms. The third-order valence-corrected chi connectivity index (χ3v) is 5.85. The summed E-state index contributed by atoms with van der Waals surface area (Å²) in [7, 11) is -2.79. The molecular formula is C12H19N3O2S. The molecule has 0 radical (unpaired) electrons. The SMILES string of the molecule is NC1CCn2c(cnc2CC2CCS(=O)(=O)C2)C1. The van der Waals surface area contributed by atoms with Gasteiger partial charge in [-0.05, 0) is 18.8 Å². The molecule has 5 nitrogen and oxygen atoms in total. The van der Waals surface area contributed by atoms with Crippen LogP contribution in [-0.2, 0) is 29.2 Å². The molecule has 0 aliphatic carbocycles. The molecule has 3 rings (SSSR count). The molecule has 1 aromatic rings. The molecule has 0 aromatic carbocycles. The van der Waals surface area contributed by atoms with E-state index in [1.807, 2.05) is 6.20 Å². The van der Waals surface area contributed by atoms with Crippen LogP contribution in [0.3, 0.4) is 0 Å². The number of imidazole rings is 1. The van der Waals surface area contributed by atoms with Gasteiger partial charge in [-0.2, -0.15) is 0 Å². The van der Waals surface area contributed by atoms with Gasteiger partial charge < -0.3 is 10.3 Å². The van der Waals surface area contributed by atoms with Gasteiger partial charge in [0.25, 0.3) is 0 Å². The summed E-state index contributed by atoms with van der Waals surface area (Å²) in [6.45, 7) is 0.922. The van der Waals surface area contributed by atoms with Crippen LogP contribution in [0.25, 0.3) is 0 Å². The predicted octanol–water partition coefficient (Wildman–Crippen LogP) is 0.134. The largest absolute Gasteiger partial charge is 0.332 e. The molecule has 0 saturated carbocycles. The van der Waals surface area contributed by atoms with E-state index >= 15 is 0 Å². The molecular weight excluding hydrogens is 250 g/mol. The molecule has 1 saturated heterocycles. The van der Waals surface area contributed by atoms with Gasteiger partial charge in [-0.1, -0.05) is 0 Å². The summed E-state index contributed by atoms with van der Waals surface area (Å²) >= 11 is 0. The van der Waals surface area contributed by atoms with E-state index in [1.165, 1.54) is 5.69 Å². The van der Waals surface area contributed by atoms with Crippen molar-refractivity contribution in [1.29, 1.82) is 0 Å².